The molecule has 6 heteroatoms. The van der Waals surface area contributed by atoms with Gasteiger partial charge in [0.15, 0.2) is 0 Å². The van der Waals surface area contributed by atoms with Crippen LogP contribution in [0.2, 0.25) is 0 Å². The van der Waals surface area contributed by atoms with Crippen LogP contribution < -0.4 is 0 Å². The molecular formula is C26H22F3NO2. The number of fused-ring (bicyclic) bond motifs is 5. The van der Waals surface area contributed by atoms with Crippen molar-refractivity contribution < 1.29 is 22.7 Å². The molecule has 1 aliphatic carbocycles. The number of rotatable bonds is 3. The quantitative estimate of drug-likeness (QED) is 0.444. The van der Waals surface area contributed by atoms with E-state index in [9.17, 15) is 18.0 Å². The van der Waals surface area contributed by atoms with Gasteiger partial charge in [-0.1, -0.05) is 54.6 Å². The molecule has 5 rings (SSSR count). The molecule has 0 N–H and O–H groups in total. The molecule has 32 heavy (non-hydrogen) atoms. The summed E-state index contributed by atoms with van der Waals surface area (Å²) in [6.07, 6.45) is -2.95. The minimum atomic E-state index is -4.35. The lowest BCUT2D eigenvalue weighted by Gasteiger charge is -2.33. The zero-order valence-electron chi connectivity index (χ0n) is 17.3. The van der Waals surface area contributed by atoms with Crippen LogP contribution in [-0.4, -0.2) is 17.5 Å². The highest BCUT2D eigenvalue weighted by atomic mass is 19.4. The molecule has 3 aromatic rings. The van der Waals surface area contributed by atoms with Crippen LogP contribution in [0.15, 0.2) is 72.8 Å². The Kier molecular flexibility index (Phi) is 5.16. The average molecular weight is 437 g/mol. The highest BCUT2D eigenvalue weighted by Gasteiger charge is 2.41. The number of hydrogen-bond donors (Lipinski definition) is 0. The van der Waals surface area contributed by atoms with Crippen LogP contribution in [-0.2, 0) is 17.5 Å². The maximum absolute atomic E-state index is 12.9. The molecule has 2 bridgehead atoms. The topological polar surface area (TPSA) is 29.5 Å². The van der Waals surface area contributed by atoms with Crippen LogP contribution in [0.5, 0.6) is 0 Å². The SMILES string of the molecule is O=C(OCc1ccccc1)N1CC[C@@H]2C[C@H]1c1cc(-c3ccc(C(F)(F)F)cc3)ccc12. The number of piperidine rings is 1. The number of alkyl halides is 3. The fourth-order valence-corrected chi connectivity index (χ4v) is 4.83. The van der Waals surface area contributed by atoms with Crippen molar-refractivity contribution in [3.05, 3.63) is 95.1 Å². The third kappa shape index (κ3) is 3.85. The van der Waals surface area contributed by atoms with Gasteiger partial charge in [-0.3, -0.25) is 0 Å². The first-order valence-electron chi connectivity index (χ1n) is 10.7. The molecule has 1 aliphatic heterocycles. The van der Waals surface area contributed by atoms with Gasteiger partial charge in [0.25, 0.3) is 0 Å². The lowest BCUT2D eigenvalue weighted by Crippen LogP contribution is -2.37. The highest BCUT2D eigenvalue weighted by molar-refractivity contribution is 5.71. The molecule has 1 saturated heterocycles. The molecule has 2 atom stereocenters. The van der Waals surface area contributed by atoms with E-state index in [-0.39, 0.29) is 18.7 Å². The number of carbonyl (C=O) groups excluding carboxylic acids is 1. The zero-order chi connectivity index (χ0) is 22.3. The Morgan fingerprint density at radius 2 is 1.66 bits per heavy atom. The molecule has 3 nitrogen and oxygen atoms in total. The summed E-state index contributed by atoms with van der Waals surface area (Å²) in [5, 5.41) is 0. The molecule has 0 spiro atoms. The molecule has 3 aromatic carbocycles. The van der Waals surface area contributed by atoms with Crippen molar-refractivity contribution in [2.45, 2.75) is 37.6 Å². The normalized spacial score (nSPS) is 19.5. The van der Waals surface area contributed by atoms with E-state index in [1.807, 2.05) is 42.5 Å². The number of carbonyl (C=O) groups is 1. The second-order valence-corrected chi connectivity index (χ2v) is 8.39. The van der Waals surface area contributed by atoms with Crippen LogP contribution in [0.25, 0.3) is 11.1 Å². The largest absolute Gasteiger partial charge is 0.445 e. The van der Waals surface area contributed by atoms with E-state index < -0.39 is 11.7 Å². The molecule has 0 unspecified atom stereocenters. The second-order valence-electron chi connectivity index (χ2n) is 8.39. The van der Waals surface area contributed by atoms with E-state index in [2.05, 4.69) is 6.07 Å². The van der Waals surface area contributed by atoms with Crippen molar-refractivity contribution >= 4 is 6.09 Å². The molecule has 0 aromatic heterocycles. The first-order valence-corrected chi connectivity index (χ1v) is 10.7. The van der Waals surface area contributed by atoms with Gasteiger partial charge >= 0.3 is 12.3 Å². The molecule has 1 amide bonds. The van der Waals surface area contributed by atoms with Gasteiger partial charge in [-0.15, -0.1) is 0 Å². The van der Waals surface area contributed by atoms with Crippen molar-refractivity contribution in [2.75, 3.05) is 6.54 Å². The van der Waals surface area contributed by atoms with Crippen LogP contribution in [0.1, 0.15) is 47.1 Å². The van der Waals surface area contributed by atoms with E-state index in [4.69, 9.17) is 4.74 Å². The van der Waals surface area contributed by atoms with Gasteiger partial charge in [0.1, 0.15) is 6.61 Å². The van der Waals surface area contributed by atoms with Crippen molar-refractivity contribution in [3.8, 4) is 11.1 Å². The lowest BCUT2D eigenvalue weighted by atomic mass is 9.95. The van der Waals surface area contributed by atoms with Gasteiger partial charge in [-0.25, -0.2) is 4.79 Å². The Morgan fingerprint density at radius 3 is 2.38 bits per heavy atom. The maximum atomic E-state index is 12.9. The summed E-state index contributed by atoms with van der Waals surface area (Å²) in [5.41, 5.74) is 4.14. The Hall–Kier alpha value is -3.28. The van der Waals surface area contributed by atoms with Crippen LogP contribution in [0.4, 0.5) is 18.0 Å². The summed E-state index contributed by atoms with van der Waals surface area (Å²) < 4.78 is 44.2. The molecular weight excluding hydrogens is 415 g/mol. The summed E-state index contributed by atoms with van der Waals surface area (Å²) in [6.45, 7) is 0.859. The Balaban J connectivity index is 1.37. The van der Waals surface area contributed by atoms with E-state index in [0.29, 0.717) is 12.5 Å². The fourth-order valence-electron chi connectivity index (χ4n) is 4.83. The first kappa shape index (κ1) is 20.6. The Bertz CT molecular complexity index is 1130. The summed E-state index contributed by atoms with van der Waals surface area (Å²) in [4.78, 5) is 14.6. The van der Waals surface area contributed by atoms with Gasteiger partial charge in [0.05, 0.1) is 11.6 Å². The van der Waals surface area contributed by atoms with E-state index in [1.54, 1.807) is 4.90 Å². The number of amides is 1. The van der Waals surface area contributed by atoms with Crippen molar-refractivity contribution in [1.82, 2.24) is 4.90 Å². The number of nitrogens with zero attached hydrogens (tertiary/aromatic N) is 1. The Labute approximate surface area is 184 Å². The minimum absolute atomic E-state index is 0.0681. The zero-order valence-corrected chi connectivity index (χ0v) is 17.3. The van der Waals surface area contributed by atoms with Gasteiger partial charge in [-0.05, 0) is 64.8 Å². The minimum Gasteiger partial charge on any atom is -0.445 e. The third-order valence-corrected chi connectivity index (χ3v) is 6.47. The van der Waals surface area contributed by atoms with Gasteiger partial charge in [-0.2, -0.15) is 13.2 Å². The summed E-state index contributed by atoms with van der Waals surface area (Å²) in [5.74, 6) is 0.398. The molecule has 1 heterocycles. The van der Waals surface area contributed by atoms with E-state index in [0.717, 1.165) is 47.2 Å². The van der Waals surface area contributed by atoms with E-state index >= 15 is 0 Å². The number of halogens is 3. The monoisotopic (exact) mass is 437 g/mol. The molecule has 164 valence electrons. The predicted molar refractivity (Wildman–Crippen MR) is 115 cm³/mol. The first-order chi connectivity index (χ1) is 15.4. The lowest BCUT2D eigenvalue weighted by molar-refractivity contribution is -0.137. The van der Waals surface area contributed by atoms with Crippen LogP contribution in [0, 0.1) is 0 Å². The molecule has 0 saturated carbocycles. The predicted octanol–water partition coefficient (Wildman–Crippen LogP) is 6.94. The second kappa shape index (κ2) is 8.01. The number of likely N-dealkylation sites (tertiary alicyclic amines) is 1. The number of benzene rings is 3. The van der Waals surface area contributed by atoms with Crippen LogP contribution in [0.3, 0.4) is 0 Å². The fraction of sp³-hybridized carbons (Fsp3) is 0.269. The molecule has 0 radical (unpaired) electrons. The van der Waals surface area contributed by atoms with Gasteiger partial charge < -0.3 is 9.64 Å². The average Bonchev–Trinajstić information content (AvgIpc) is 3.09. The molecule has 2 aliphatic rings. The summed E-state index contributed by atoms with van der Waals surface area (Å²) >= 11 is 0. The van der Waals surface area contributed by atoms with Crippen molar-refractivity contribution in [3.63, 3.8) is 0 Å². The molecule has 1 fully saturated rings. The number of ether oxygens (including phenoxy) is 1. The van der Waals surface area contributed by atoms with Crippen LogP contribution >= 0.6 is 0 Å². The number of hydrogen-bond acceptors (Lipinski definition) is 2. The highest BCUT2D eigenvalue weighted by Crippen LogP contribution is 2.50. The third-order valence-electron chi connectivity index (χ3n) is 6.47. The standard InChI is InChI=1S/C26H22F3NO2/c27-26(28,29)21-9-6-18(7-10-21)19-8-11-22-20-12-13-30(24(15-20)23(22)14-19)25(31)32-16-17-4-2-1-3-5-17/h1-11,14,20,24H,12-13,15-16H2/t20-,24+/m1/s1. The Morgan fingerprint density at radius 1 is 0.938 bits per heavy atom. The summed E-state index contributed by atoms with van der Waals surface area (Å²) in [7, 11) is 0. The summed E-state index contributed by atoms with van der Waals surface area (Å²) in [6, 6.07) is 20.7. The van der Waals surface area contributed by atoms with Crippen molar-refractivity contribution in [1.29, 1.82) is 0 Å². The van der Waals surface area contributed by atoms with Crippen molar-refractivity contribution in [2.24, 2.45) is 0 Å². The van der Waals surface area contributed by atoms with Gasteiger partial charge in [0.2, 0.25) is 0 Å². The van der Waals surface area contributed by atoms with Gasteiger partial charge in [0, 0.05) is 6.54 Å². The smallest absolute Gasteiger partial charge is 0.416 e. The van der Waals surface area contributed by atoms with E-state index in [1.165, 1.54) is 17.7 Å². The maximum Gasteiger partial charge on any atom is 0.416 e.